The van der Waals surface area contributed by atoms with Crippen LogP contribution in [-0.4, -0.2) is 16.1 Å². The predicted molar refractivity (Wildman–Crippen MR) is 72.3 cm³/mol. The standard InChI is InChI=1S/C13H14N2O2S/c1-8-5-11(18-9(8)2)7-15-12-6-10(13(16)17)3-4-14-12/h3-6H,7H2,1-2H3,(H,14,15)(H,16,17). The van der Waals surface area contributed by atoms with E-state index in [0.717, 1.165) is 0 Å². The summed E-state index contributed by atoms with van der Waals surface area (Å²) in [6, 6.07) is 5.15. The van der Waals surface area contributed by atoms with Crippen LogP contribution in [0.1, 0.15) is 25.7 Å². The SMILES string of the molecule is Cc1cc(CNc2cc(C(=O)O)ccn2)sc1C. The van der Waals surface area contributed by atoms with Gasteiger partial charge in [-0.25, -0.2) is 9.78 Å². The molecule has 0 aromatic carbocycles. The van der Waals surface area contributed by atoms with Crippen molar-refractivity contribution >= 4 is 23.1 Å². The molecule has 0 saturated carbocycles. The summed E-state index contributed by atoms with van der Waals surface area (Å²) in [4.78, 5) is 17.4. The Bertz CT molecular complexity index is 559. The van der Waals surface area contributed by atoms with Crippen LogP contribution in [0.5, 0.6) is 0 Å². The van der Waals surface area contributed by atoms with Crippen molar-refractivity contribution in [3.8, 4) is 0 Å². The molecule has 5 heteroatoms. The Labute approximate surface area is 109 Å². The third-order valence-electron chi connectivity index (χ3n) is 2.67. The number of carboxylic acids is 1. The van der Waals surface area contributed by atoms with E-state index < -0.39 is 5.97 Å². The van der Waals surface area contributed by atoms with Gasteiger partial charge in [0, 0.05) is 16.0 Å². The molecule has 0 fully saturated rings. The molecule has 0 aliphatic rings. The first-order valence-corrected chi connectivity index (χ1v) is 6.37. The molecule has 0 amide bonds. The second kappa shape index (κ2) is 5.18. The van der Waals surface area contributed by atoms with Gasteiger partial charge < -0.3 is 10.4 Å². The Hall–Kier alpha value is -1.88. The highest BCUT2D eigenvalue weighted by Gasteiger charge is 2.05. The van der Waals surface area contributed by atoms with Gasteiger partial charge in [0.2, 0.25) is 0 Å². The molecule has 0 aliphatic carbocycles. The molecule has 2 rings (SSSR count). The number of pyridine rings is 1. The zero-order chi connectivity index (χ0) is 13.1. The van der Waals surface area contributed by atoms with E-state index in [2.05, 4.69) is 30.2 Å². The maximum Gasteiger partial charge on any atom is 0.335 e. The predicted octanol–water partition coefficient (Wildman–Crippen LogP) is 3.07. The van der Waals surface area contributed by atoms with Gasteiger partial charge in [0.05, 0.1) is 12.1 Å². The first-order valence-electron chi connectivity index (χ1n) is 5.55. The number of carbonyl (C=O) groups is 1. The number of thiophene rings is 1. The lowest BCUT2D eigenvalue weighted by molar-refractivity contribution is 0.0697. The zero-order valence-electron chi connectivity index (χ0n) is 10.2. The van der Waals surface area contributed by atoms with Crippen molar-refractivity contribution in [1.82, 2.24) is 4.98 Å². The molecule has 18 heavy (non-hydrogen) atoms. The summed E-state index contributed by atoms with van der Waals surface area (Å²) < 4.78 is 0. The Kier molecular flexibility index (Phi) is 3.62. The van der Waals surface area contributed by atoms with Gasteiger partial charge in [-0.2, -0.15) is 0 Å². The van der Waals surface area contributed by atoms with Crippen LogP contribution < -0.4 is 5.32 Å². The van der Waals surface area contributed by atoms with E-state index in [1.807, 2.05) is 0 Å². The first kappa shape index (κ1) is 12.6. The van der Waals surface area contributed by atoms with Gasteiger partial charge >= 0.3 is 5.97 Å². The molecule has 4 nitrogen and oxygen atoms in total. The van der Waals surface area contributed by atoms with Crippen molar-refractivity contribution < 1.29 is 9.90 Å². The number of anilines is 1. The van der Waals surface area contributed by atoms with Crippen LogP contribution in [0, 0.1) is 13.8 Å². The maximum atomic E-state index is 10.8. The van der Waals surface area contributed by atoms with Crippen LogP contribution in [-0.2, 0) is 6.54 Å². The number of hydrogen-bond donors (Lipinski definition) is 2. The number of aryl methyl sites for hydroxylation is 2. The van der Waals surface area contributed by atoms with Crippen LogP contribution in [0.3, 0.4) is 0 Å². The molecule has 0 atom stereocenters. The highest BCUT2D eigenvalue weighted by molar-refractivity contribution is 7.12. The number of rotatable bonds is 4. The molecule has 2 N–H and O–H groups in total. The Morgan fingerprint density at radius 1 is 1.44 bits per heavy atom. The van der Waals surface area contributed by atoms with Crippen LogP contribution in [0.2, 0.25) is 0 Å². The summed E-state index contributed by atoms with van der Waals surface area (Å²) in [5, 5.41) is 12.0. The number of aromatic nitrogens is 1. The van der Waals surface area contributed by atoms with Gasteiger partial charge in [-0.1, -0.05) is 0 Å². The van der Waals surface area contributed by atoms with Crippen molar-refractivity contribution in [1.29, 1.82) is 0 Å². The number of aromatic carboxylic acids is 1. The number of carboxylic acid groups (broad SMARTS) is 1. The van der Waals surface area contributed by atoms with Crippen molar-refractivity contribution in [3.05, 3.63) is 45.3 Å². The minimum Gasteiger partial charge on any atom is -0.478 e. The molecule has 2 aromatic rings. The van der Waals surface area contributed by atoms with E-state index in [1.165, 1.54) is 33.6 Å². The van der Waals surface area contributed by atoms with Gasteiger partial charge in [-0.05, 0) is 37.6 Å². The largest absolute Gasteiger partial charge is 0.478 e. The zero-order valence-corrected chi connectivity index (χ0v) is 11.0. The molecular weight excluding hydrogens is 248 g/mol. The maximum absolute atomic E-state index is 10.8. The lowest BCUT2D eigenvalue weighted by atomic mass is 10.2. The van der Waals surface area contributed by atoms with E-state index in [1.54, 1.807) is 11.3 Å². The van der Waals surface area contributed by atoms with Crippen LogP contribution >= 0.6 is 11.3 Å². The highest BCUT2D eigenvalue weighted by atomic mass is 32.1. The van der Waals surface area contributed by atoms with Crippen molar-refractivity contribution in [2.45, 2.75) is 20.4 Å². The number of nitrogens with one attached hydrogen (secondary N) is 1. The lowest BCUT2D eigenvalue weighted by Crippen LogP contribution is -2.02. The third kappa shape index (κ3) is 2.87. The summed E-state index contributed by atoms with van der Waals surface area (Å²) in [5.41, 5.74) is 1.52. The van der Waals surface area contributed by atoms with Crippen LogP contribution in [0.4, 0.5) is 5.82 Å². The quantitative estimate of drug-likeness (QED) is 0.889. The third-order valence-corrected chi connectivity index (χ3v) is 3.82. The monoisotopic (exact) mass is 262 g/mol. The average Bonchev–Trinajstić information content (AvgIpc) is 2.67. The lowest BCUT2D eigenvalue weighted by Gasteiger charge is -2.04. The van der Waals surface area contributed by atoms with E-state index in [9.17, 15) is 4.79 Å². The van der Waals surface area contributed by atoms with Gasteiger partial charge in [0.15, 0.2) is 0 Å². The molecule has 0 aliphatic heterocycles. The molecule has 0 spiro atoms. The summed E-state index contributed by atoms with van der Waals surface area (Å²) in [7, 11) is 0. The summed E-state index contributed by atoms with van der Waals surface area (Å²) in [5.74, 6) is -0.359. The molecule has 94 valence electrons. The first-order chi connectivity index (χ1) is 8.56. The van der Waals surface area contributed by atoms with E-state index in [0.29, 0.717) is 12.4 Å². The Balaban J connectivity index is 2.06. The number of nitrogens with zero attached hydrogens (tertiary/aromatic N) is 1. The molecule has 2 aromatic heterocycles. The minimum atomic E-state index is -0.941. The van der Waals surface area contributed by atoms with Gasteiger partial charge in [-0.3, -0.25) is 0 Å². The molecule has 0 radical (unpaired) electrons. The smallest absolute Gasteiger partial charge is 0.335 e. The molecule has 0 bridgehead atoms. The Morgan fingerprint density at radius 3 is 2.83 bits per heavy atom. The average molecular weight is 262 g/mol. The number of hydrogen-bond acceptors (Lipinski definition) is 4. The summed E-state index contributed by atoms with van der Waals surface area (Å²) >= 11 is 1.74. The highest BCUT2D eigenvalue weighted by Crippen LogP contribution is 2.21. The fourth-order valence-corrected chi connectivity index (χ4v) is 2.57. The fourth-order valence-electron chi connectivity index (χ4n) is 1.57. The van der Waals surface area contributed by atoms with Gasteiger partial charge in [0.25, 0.3) is 0 Å². The fraction of sp³-hybridized carbons (Fsp3) is 0.231. The van der Waals surface area contributed by atoms with Crippen LogP contribution in [0.25, 0.3) is 0 Å². The van der Waals surface area contributed by atoms with E-state index in [-0.39, 0.29) is 5.56 Å². The topological polar surface area (TPSA) is 62.2 Å². The van der Waals surface area contributed by atoms with Crippen LogP contribution in [0.15, 0.2) is 24.4 Å². The molecular formula is C13H14N2O2S. The van der Waals surface area contributed by atoms with E-state index >= 15 is 0 Å². The molecule has 2 heterocycles. The Morgan fingerprint density at radius 2 is 2.22 bits per heavy atom. The van der Waals surface area contributed by atoms with Crippen molar-refractivity contribution in [2.75, 3.05) is 5.32 Å². The second-order valence-corrected chi connectivity index (χ2v) is 5.38. The van der Waals surface area contributed by atoms with Crippen molar-refractivity contribution in [2.24, 2.45) is 0 Å². The minimum absolute atomic E-state index is 0.242. The molecule has 0 saturated heterocycles. The van der Waals surface area contributed by atoms with Gasteiger partial charge in [0.1, 0.15) is 5.82 Å². The van der Waals surface area contributed by atoms with Crippen molar-refractivity contribution in [3.63, 3.8) is 0 Å². The summed E-state index contributed by atoms with van der Waals surface area (Å²) in [6.07, 6.45) is 1.50. The van der Waals surface area contributed by atoms with E-state index in [4.69, 9.17) is 5.11 Å². The summed E-state index contributed by atoms with van der Waals surface area (Å²) in [6.45, 7) is 4.83. The second-order valence-electron chi connectivity index (χ2n) is 4.04. The van der Waals surface area contributed by atoms with Gasteiger partial charge in [-0.15, -0.1) is 11.3 Å². The molecule has 0 unspecified atom stereocenters. The normalized spacial score (nSPS) is 10.3.